The lowest BCUT2D eigenvalue weighted by molar-refractivity contribution is -0.137. The number of amides is 2. The molecule has 0 unspecified atom stereocenters. The van der Waals surface area contributed by atoms with Gasteiger partial charge in [-0.15, -0.1) is 0 Å². The van der Waals surface area contributed by atoms with Crippen LogP contribution in [0.2, 0.25) is 0 Å². The number of nitrogens with zero attached hydrogens (tertiary/aromatic N) is 2. The molecule has 0 aliphatic carbocycles. The van der Waals surface area contributed by atoms with Gasteiger partial charge in [-0.1, -0.05) is 0 Å². The standard InChI is InChI=1S/C17H24N2O4/c1-3-18(4-2)17(21)14-5-7-15(8-6-14)23-13-16(20)19-9-11-22-12-10-19/h5-8H,3-4,9-13H2,1-2H3. The zero-order chi connectivity index (χ0) is 16.7. The molecule has 1 aromatic carbocycles. The van der Waals surface area contributed by atoms with Crippen LogP contribution in [0.3, 0.4) is 0 Å². The van der Waals surface area contributed by atoms with Crippen LogP contribution in [0.1, 0.15) is 24.2 Å². The van der Waals surface area contributed by atoms with Crippen molar-refractivity contribution in [3.05, 3.63) is 29.8 Å². The number of rotatable bonds is 6. The summed E-state index contributed by atoms with van der Waals surface area (Å²) in [5, 5.41) is 0. The van der Waals surface area contributed by atoms with Gasteiger partial charge in [0.15, 0.2) is 6.61 Å². The summed E-state index contributed by atoms with van der Waals surface area (Å²) in [7, 11) is 0. The molecule has 0 aromatic heterocycles. The van der Waals surface area contributed by atoms with Crippen molar-refractivity contribution in [2.24, 2.45) is 0 Å². The summed E-state index contributed by atoms with van der Waals surface area (Å²) in [6.07, 6.45) is 0. The highest BCUT2D eigenvalue weighted by Gasteiger charge is 2.17. The number of ether oxygens (including phenoxy) is 2. The van der Waals surface area contributed by atoms with E-state index in [4.69, 9.17) is 9.47 Å². The maximum absolute atomic E-state index is 12.2. The minimum atomic E-state index is -0.0448. The molecule has 0 spiro atoms. The second-order valence-corrected chi connectivity index (χ2v) is 5.28. The van der Waals surface area contributed by atoms with Crippen molar-refractivity contribution in [3.63, 3.8) is 0 Å². The Morgan fingerprint density at radius 3 is 2.30 bits per heavy atom. The first kappa shape index (κ1) is 17.3. The third kappa shape index (κ3) is 4.69. The van der Waals surface area contributed by atoms with E-state index in [1.165, 1.54) is 0 Å². The number of carbonyl (C=O) groups is 2. The van der Waals surface area contributed by atoms with Gasteiger partial charge in [-0.25, -0.2) is 0 Å². The molecule has 1 aliphatic rings. The van der Waals surface area contributed by atoms with Crippen LogP contribution in [0.5, 0.6) is 5.75 Å². The molecule has 0 saturated carbocycles. The first-order chi connectivity index (χ1) is 11.2. The fraction of sp³-hybridized carbons (Fsp3) is 0.529. The van der Waals surface area contributed by atoms with Crippen LogP contribution >= 0.6 is 0 Å². The molecule has 1 saturated heterocycles. The molecular weight excluding hydrogens is 296 g/mol. The lowest BCUT2D eigenvalue weighted by Gasteiger charge is -2.26. The lowest BCUT2D eigenvalue weighted by atomic mass is 10.2. The summed E-state index contributed by atoms with van der Waals surface area (Å²) < 4.78 is 10.7. The number of benzene rings is 1. The molecule has 6 nitrogen and oxygen atoms in total. The van der Waals surface area contributed by atoms with Crippen molar-refractivity contribution in [2.45, 2.75) is 13.8 Å². The molecule has 1 aromatic rings. The van der Waals surface area contributed by atoms with Crippen LogP contribution in [-0.2, 0) is 9.53 Å². The fourth-order valence-corrected chi connectivity index (χ4v) is 2.44. The first-order valence-corrected chi connectivity index (χ1v) is 8.03. The molecule has 1 aliphatic heterocycles. The Balaban J connectivity index is 1.87. The summed E-state index contributed by atoms with van der Waals surface area (Å²) in [4.78, 5) is 27.7. The molecule has 126 valence electrons. The number of carbonyl (C=O) groups excluding carboxylic acids is 2. The molecule has 0 radical (unpaired) electrons. The Morgan fingerprint density at radius 2 is 1.74 bits per heavy atom. The molecule has 1 fully saturated rings. The maximum atomic E-state index is 12.2. The Labute approximate surface area is 137 Å². The maximum Gasteiger partial charge on any atom is 0.260 e. The van der Waals surface area contributed by atoms with E-state index in [2.05, 4.69) is 0 Å². The Bertz CT molecular complexity index is 520. The van der Waals surface area contributed by atoms with Gasteiger partial charge in [-0.05, 0) is 38.1 Å². The zero-order valence-corrected chi connectivity index (χ0v) is 13.8. The second-order valence-electron chi connectivity index (χ2n) is 5.28. The second kappa shape index (κ2) is 8.53. The highest BCUT2D eigenvalue weighted by molar-refractivity contribution is 5.94. The van der Waals surface area contributed by atoms with Crippen molar-refractivity contribution < 1.29 is 19.1 Å². The molecule has 1 heterocycles. The Hall–Kier alpha value is -2.08. The van der Waals surface area contributed by atoms with Gasteiger partial charge < -0.3 is 19.3 Å². The zero-order valence-electron chi connectivity index (χ0n) is 13.8. The summed E-state index contributed by atoms with van der Waals surface area (Å²) in [5.41, 5.74) is 0.626. The van der Waals surface area contributed by atoms with E-state index in [1.54, 1.807) is 34.1 Å². The van der Waals surface area contributed by atoms with Crippen LogP contribution < -0.4 is 4.74 Å². The molecule has 0 bridgehead atoms. The van der Waals surface area contributed by atoms with Crippen LogP contribution in [0.25, 0.3) is 0 Å². The third-order valence-corrected chi connectivity index (χ3v) is 3.88. The quantitative estimate of drug-likeness (QED) is 0.795. The van der Waals surface area contributed by atoms with Gasteiger partial charge in [0, 0.05) is 31.7 Å². The van der Waals surface area contributed by atoms with Gasteiger partial charge in [-0.3, -0.25) is 9.59 Å². The van der Waals surface area contributed by atoms with Gasteiger partial charge in [0.25, 0.3) is 11.8 Å². The van der Waals surface area contributed by atoms with Crippen LogP contribution in [-0.4, -0.2) is 67.6 Å². The minimum Gasteiger partial charge on any atom is -0.484 e. The van der Waals surface area contributed by atoms with Crippen LogP contribution in [0, 0.1) is 0 Å². The van der Waals surface area contributed by atoms with Gasteiger partial charge in [0.1, 0.15) is 5.75 Å². The topological polar surface area (TPSA) is 59.1 Å². The van der Waals surface area contributed by atoms with Crippen LogP contribution in [0.4, 0.5) is 0 Å². The lowest BCUT2D eigenvalue weighted by Crippen LogP contribution is -2.42. The summed E-state index contributed by atoms with van der Waals surface area (Å²) >= 11 is 0. The SMILES string of the molecule is CCN(CC)C(=O)c1ccc(OCC(=O)N2CCOCC2)cc1. The van der Waals surface area contributed by atoms with Crippen molar-refractivity contribution in [3.8, 4) is 5.75 Å². The molecule has 0 atom stereocenters. The number of morpholine rings is 1. The third-order valence-electron chi connectivity index (χ3n) is 3.88. The Morgan fingerprint density at radius 1 is 1.13 bits per heavy atom. The molecule has 2 rings (SSSR count). The highest BCUT2D eigenvalue weighted by Crippen LogP contribution is 2.14. The van der Waals surface area contributed by atoms with Crippen molar-refractivity contribution in [1.29, 1.82) is 0 Å². The van der Waals surface area contributed by atoms with Gasteiger partial charge in [0.2, 0.25) is 0 Å². The average molecular weight is 320 g/mol. The summed E-state index contributed by atoms with van der Waals surface area (Å²) in [6, 6.07) is 6.91. The first-order valence-electron chi connectivity index (χ1n) is 8.03. The minimum absolute atomic E-state index is 0.00331. The van der Waals surface area contributed by atoms with Gasteiger partial charge in [-0.2, -0.15) is 0 Å². The van der Waals surface area contributed by atoms with E-state index in [9.17, 15) is 9.59 Å². The molecule has 2 amide bonds. The summed E-state index contributed by atoms with van der Waals surface area (Å²) in [6.45, 7) is 7.65. The highest BCUT2D eigenvalue weighted by atomic mass is 16.5. The molecule has 6 heteroatoms. The molecular formula is C17H24N2O4. The smallest absolute Gasteiger partial charge is 0.260 e. The van der Waals surface area contributed by atoms with Crippen molar-refractivity contribution in [2.75, 3.05) is 46.0 Å². The largest absolute Gasteiger partial charge is 0.484 e. The normalized spacial score (nSPS) is 14.4. The predicted molar refractivity (Wildman–Crippen MR) is 86.6 cm³/mol. The number of hydrogen-bond acceptors (Lipinski definition) is 4. The molecule has 0 N–H and O–H groups in total. The van der Waals surface area contributed by atoms with E-state index < -0.39 is 0 Å². The van der Waals surface area contributed by atoms with Gasteiger partial charge in [0.05, 0.1) is 13.2 Å². The monoisotopic (exact) mass is 320 g/mol. The van der Waals surface area contributed by atoms with E-state index >= 15 is 0 Å². The number of hydrogen-bond donors (Lipinski definition) is 0. The summed E-state index contributed by atoms with van der Waals surface area (Å²) in [5.74, 6) is 0.547. The van der Waals surface area contributed by atoms with Crippen molar-refractivity contribution in [1.82, 2.24) is 9.80 Å². The predicted octanol–water partition coefficient (Wildman–Crippen LogP) is 1.41. The van der Waals surface area contributed by atoms with E-state index in [0.717, 1.165) is 0 Å². The van der Waals surface area contributed by atoms with E-state index in [0.29, 0.717) is 50.7 Å². The Kier molecular flexibility index (Phi) is 6.40. The van der Waals surface area contributed by atoms with Crippen molar-refractivity contribution >= 4 is 11.8 Å². The van der Waals surface area contributed by atoms with Gasteiger partial charge >= 0.3 is 0 Å². The van der Waals surface area contributed by atoms with E-state index in [1.807, 2.05) is 13.8 Å². The molecule has 23 heavy (non-hydrogen) atoms. The average Bonchev–Trinajstić information content (AvgIpc) is 2.61. The fourth-order valence-electron chi connectivity index (χ4n) is 2.44. The van der Waals surface area contributed by atoms with E-state index in [-0.39, 0.29) is 18.4 Å². The van der Waals surface area contributed by atoms with Crippen LogP contribution in [0.15, 0.2) is 24.3 Å².